The van der Waals surface area contributed by atoms with Gasteiger partial charge in [0.1, 0.15) is 11.5 Å². The van der Waals surface area contributed by atoms with E-state index in [2.05, 4.69) is 13.8 Å². The number of hydrogen-bond acceptors (Lipinski definition) is 5. The molecule has 0 fully saturated rings. The first-order chi connectivity index (χ1) is 20.0. The number of hydrogen-bond donors (Lipinski definition) is 0. The van der Waals surface area contributed by atoms with Crippen LogP contribution in [0.1, 0.15) is 112 Å². The zero-order valence-corrected chi connectivity index (χ0v) is 25.0. The molecule has 3 rings (SSSR count). The zero-order valence-electron chi connectivity index (χ0n) is 25.0. The summed E-state index contributed by atoms with van der Waals surface area (Å²) in [7, 11) is 0. The first kappa shape index (κ1) is 31.9. The topological polar surface area (TPSA) is 61.8 Å². The molecule has 0 unspecified atom stereocenters. The fourth-order valence-electron chi connectivity index (χ4n) is 4.61. The molecule has 0 aliphatic rings. The van der Waals surface area contributed by atoms with Crippen LogP contribution in [0.15, 0.2) is 72.8 Å². The van der Waals surface area contributed by atoms with Crippen molar-refractivity contribution < 1.29 is 23.8 Å². The Kier molecular flexibility index (Phi) is 14.0. The maximum atomic E-state index is 12.7. The molecule has 220 valence electrons. The number of carbonyl (C=O) groups is 2. The maximum Gasteiger partial charge on any atom is 0.343 e. The van der Waals surface area contributed by atoms with Gasteiger partial charge in [0.25, 0.3) is 0 Å². The summed E-state index contributed by atoms with van der Waals surface area (Å²) in [5.74, 6) is 0.434. The van der Waals surface area contributed by atoms with E-state index in [1.807, 2.05) is 43.3 Å². The van der Waals surface area contributed by atoms with Gasteiger partial charge in [0.05, 0.1) is 23.8 Å². The van der Waals surface area contributed by atoms with E-state index in [9.17, 15) is 9.59 Å². The highest BCUT2D eigenvalue weighted by molar-refractivity contribution is 5.92. The predicted octanol–water partition coefficient (Wildman–Crippen LogP) is 9.83. The molecule has 0 N–H and O–H groups in total. The minimum Gasteiger partial charge on any atom is -0.494 e. The van der Waals surface area contributed by atoms with Gasteiger partial charge in [-0.25, -0.2) is 9.59 Å². The van der Waals surface area contributed by atoms with Crippen LogP contribution >= 0.6 is 0 Å². The average molecular weight is 559 g/mol. The van der Waals surface area contributed by atoms with Gasteiger partial charge in [0.2, 0.25) is 0 Å². The van der Waals surface area contributed by atoms with Crippen LogP contribution in [0.4, 0.5) is 0 Å². The molecule has 0 aromatic heterocycles. The largest absolute Gasteiger partial charge is 0.494 e. The lowest BCUT2D eigenvalue weighted by atomic mass is 10.0. The van der Waals surface area contributed by atoms with Crippen LogP contribution in [-0.2, 0) is 4.74 Å². The lowest BCUT2D eigenvalue weighted by Crippen LogP contribution is -2.15. The Balaban J connectivity index is 1.44. The molecular weight excluding hydrogens is 512 g/mol. The van der Waals surface area contributed by atoms with Crippen molar-refractivity contribution in [2.45, 2.75) is 97.5 Å². The molecule has 5 nitrogen and oxygen atoms in total. The van der Waals surface area contributed by atoms with Crippen molar-refractivity contribution in [1.82, 2.24) is 0 Å². The Labute approximate surface area is 246 Å². The smallest absolute Gasteiger partial charge is 0.343 e. The average Bonchev–Trinajstić information content (AvgIpc) is 2.99. The van der Waals surface area contributed by atoms with Gasteiger partial charge in [0.15, 0.2) is 0 Å². The third-order valence-corrected chi connectivity index (χ3v) is 7.15. The summed E-state index contributed by atoms with van der Waals surface area (Å²) in [6, 6.07) is 21.9. The van der Waals surface area contributed by atoms with Crippen LogP contribution in [-0.4, -0.2) is 24.6 Å². The van der Waals surface area contributed by atoms with Crippen molar-refractivity contribution in [1.29, 1.82) is 0 Å². The number of ether oxygens (including phenoxy) is 3. The summed E-state index contributed by atoms with van der Waals surface area (Å²) in [6.07, 6.45) is 12.8. The monoisotopic (exact) mass is 558 g/mol. The summed E-state index contributed by atoms with van der Waals surface area (Å²) in [5, 5.41) is 0. The Morgan fingerprint density at radius 2 is 1.07 bits per heavy atom. The Bertz CT molecular complexity index is 1170. The van der Waals surface area contributed by atoms with Gasteiger partial charge in [-0.05, 0) is 85.8 Å². The van der Waals surface area contributed by atoms with Gasteiger partial charge in [-0.15, -0.1) is 0 Å². The molecule has 0 heterocycles. The van der Waals surface area contributed by atoms with Crippen LogP contribution in [0.3, 0.4) is 0 Å². The van der Waals surface area contributed by atoms with Gasteiger partial charge in [-0.2, -0.15) is 0 Å². The van der Waals surface area contributed by atoms with E-state index in [-0.39, 0.29) is 12.1 Å². The highest BCUT2D eigenvalue weighted by Gasteiger charge is 2.14. The van der Waals surface area contributed by atoms with E-state index in [1.165, 1.54) is 44.9 Å². The molecule has 0 aliphatic heterocycles. The Hall–Kier alpha value is -3.60. The molecule has 0 radical (unpaired) electrons. The summed E-state index contributed by atoms with van der Waals surface area (Å²) >= 11 is 0. The second kappa shape index (κ2) is 18.0. The molecular formula is C36H46O5. The van der Waals surface area contributed by atoms with Gasteiger partial charge in [-0.1, -0.05) is 89.5 Å². The van der Waals surface area contributed by atoms with E-state index < -0.39 is 5.97 Å². The van der Waals surface area contributed by atoms with Crippen molar-refractivity contribution in [3.8, 4) is 22.6 Å². The van der Waals surface area contributed by atoms with Crippen molar-refractivity contribution in [2.75, 3.05) is 6.61 Å². The third kappa shape index (κ3) is 11.4. The van der Waals surface area contributed by atoms with E-state index in [0.29, 0.717) is 16.9 Å². The maximum absolute atomic E-state index is 12.7. The molecule has 0 saturated heterocycles. The second-order valence-electron chi connectivity index (χ2n) is 10.7. The van der Waals surface area contributed by atoms with Crippen LogP contribution < -0.4 is 9.47 Å². The normalized spacial score (nSPS) is 11.6. The number of benzene rings is 3. The zero-order chi connectivity index (χ0) is 29.3. The molecule has 0 amide bonds. The lowest BCUT2D eigenvalue weighted by Gasteiger charge is -2.13. The Morgan fingerprint density at radius 3 is 1.71 bits per heavy atom. The number of unbranched alkanes of at least 4 members (excludes halogenated alkanes) is 8. The quantitative estimate of drug-likeness (QED) is 0.0883. The van der Waals surface area contributed by atoms with Crippen LogP contribution in [0.25, 0.3) is 11.1 Å². The van der Waals surface area contributed by atoms with Crippen molar-refractivity contribution >= 4 is 11.9 Å². The number of esters is 2. The van der Waals surface area contributed by atoms with Crippen LogP contribution in [0, 0.1) is 0 Å². The molecule has 5 heteroatoms. The lowest BCUT2D eigenvalue weighted by molar-refractivity contribution is 0.0319. The van der Waals surface area contributed by atoms with Gasteiger partial charge >= 0.3 is 11.9 Å². The van der Waals surface area contributed by atoms with Crippen molar-refractivity contribution in [3.05, 3.63) is 83.9 Å². The highest BCUT2D eigenvalue weighted by atomic mass is 16.5. The predicted molar refractivity (Wildman–Crippen MR) is 166 cm³/mol. The molecule has 0 spiro atoms. The van der Waals surface area contributed by atoms with Gasteiger partial charge in [-0.3, -0.25) is 0 Å². The first-order valence-electron chi connectivity index (χ1n) is 15.4. The van der Waals surface area contributed by atoms with Crippen molar-refractivity contribution in [2.24, 2.45) is 0 Å². The molecule has 0 bridgehead atoms. The standard InChI is InChI=1S/C36H46O5/c1-4-6-8-10-11-13-27-39-33-23-19-30(20-24-33)29-15-17-31(18-16-29)36(38)41-34-25-21-32(22-26-34)35(37)40-28(3)14-12-9-7-5-2/h15-26,28H,4-14,27H2,1-3H3/t28-/m1/s1. The highest BCUT2D eigenvalue weighted by Crippen LogP contribution is 2.24. The molecule has 1 atom stereocenters. The van der Waals surface area contributed by atoms with E-state index >= 15 is 0 Å². The molecule has 0 aliphatic carbocycles. The third-order valence-electron chi connectivity index (χ3n) is 7.15. The fourth-order valence-corrected chi connectivity index (χ4v) is 4.61. The molecule has 41 heavy (non-hydrogen) atoms. The minimum absolute atomic E-state index is 0.124. The van der Waals surface area contributed by atoms with Crippen LogP contribution in [0.2, 0.25) is 0 Å². The summed E-state index contributed by atoms with van der Waals surface area (Å²) in [6.45, 7) is 7.07. The van der Waals surface area contributed by atoms with E-state index in [1.54, 1.807) is 36.4 Å². The summed E-state index contributed by atoms with van der Waals surface area (Å²) in [5.41, 5.74) is 2.95. The van der Waals surface area contributed by atoms with Gasteiger partial charge in [0, 0.05) is 0 Å². The van der Waals surface area contributed by atoms with Gasteiger partial charge < -0.3 is 14.2 Å². The number of carbonyl (C=O) groups excluding carboxylic acids is 2. The number of rotatable bonds is 18. The second-order valence-corrected chi connectivity index (χ2v) is 10.7. The Morgan fingerprint density at radius 1 is 0.585 bits per heavy atom. The van der Waals surface area contributed by atoms with Crippen molar-refractivity contribution in [3.63, 3.8) is 0 Å². The SMILES string of the molecule is CCCCCCCCOc1ccc(-c2ccc(C(=O)Oc3ccc(C(=O)O[C@H](C)CCCCCC)cc3)cc2)cc1. The summed E-state index contributed by atoms with van der Waals surface area (Å²) < 4.78 is 16.9. The van der Waals surface area contributed by atoms with Crippen LogP contribution in [0.5, 0.6) is 11.5 Å². The minimum atomic E-state index is -0.453. The molecule has 3 aromatic rings. The molecule has 3 aromatic carbocycles. The van der Waals surface area contributed by atoms with E-state index in [0.717, 1.165) is 49.2 Å². The summed E-state index contributed by atoms with van der Waals surface area (Å²) in [4.78, 5) is 25.1. The van der Waals surface area contributed by atoms with E-state index in [4.69, 9.17) is 14.2 Å². The fraction of sp³-hybridized carbons (Fsp3) is 0.444. The first-order valence-corrected chi connectivity index (χ1v) is 15.4. The molecule has 0 saturated carbocycles.